The van der Waals surface area contributed by atoms with Gasteiger partial charge in [-0.15, -0.1) is 0 Å². The zero-order chi connectivity index (χ0) is 18.8. The van der Waals surface area contributed by atoms with Crippen LogP contribution in [0.15, 0.2) is 9.98 Å². The van der Waals surface area contributed by atoms with Gasteiger partial charge in [0.25, 0.3) is 5.91 Å². The van der Waals surface area contributed by atoms with Crippen molar-refractivity contribution in [3.05, 3.63) is 0 Å². The molecule has 0 aromatic rings. The molecule has 25 heavy (non-hydrogen) atoms. The second kappa shape index (κ2) is 7.49. The SMILES string of the molecule is CC(C)C1=NC(N2CCN(C(=O)CCC(F)(F)F)CC2)=NC(=O)C1F. The molecule has 0 radical (unpaired) electrons. The van der Waals surface area contributed by atoms with Gasteiger partial charge in [0.2, 0.25) is 18.0 Å². The fraction of sp³-hybridized carbons (Fsp3) is 0.733. The normalized spacial score (nSPS) is 22.2. The molecule has 2 amide bonds. The quantitative estimate of drug-likeness (QED) is 0.718. The van der Waals surface area contributed by atoms with Crippen LogP contribution in [0, 0.1) is 5.92 Å². The third kappa shape index (κ3) is 4.99. The van der Waals surface area contributed by atoms with Crippen molar-refractivity contribution in [3.63, 3.8) is 0 Å². The number of carbonyl (C=O) groups excluding carboxylic acids is 2. The highest BCUT2D eigenvalue weighted by Gasteiger charge is 2.34. The number of alkyl halides is 4. The number of aliphatic imine (C=N–C) groups is 2. The van der Waals surface area contributed by atoms with E-state index in [0.717, 1.165) is 0 Å². The number of amides is 2. The van der Waals surface area contributed by atoms with Crippen molar-refractivity contribution in [2.45, 2.75) is 39.0 Å². The van der Waals surface area contributed by atoms with Crippen LogP contribution in [0.5, 0.6) is 0 Å². The predicted octanol–water partition coefficient (Wildman–Crippen LogP) is 1.80. The van der Waals surface area contributed by atoms with Gasteiger partial charge in [-0.05, 0) is 5.92 Å². The molecule has 1 saturated heterocycles. The van der Waals surface area contributed by atoms with E-state index in [2.05, 4.69) is 9.98 Å². The summed E-state index contributed by atoms with van der Waals surface area (Å²) in [6, 6.07) is 0. The van der Waals surface area contributed by atoms with E-state index >= 15 is 0 Å². The summed E-state index contributed by atoms with van der Waals surface area (Å²) in [5.41, 5.74) is 0.110. The summed E-state index contributed by atoms with van der Waals surface area (Å²) in [7, 11) is 0. The van der Waals surface area contributed by atoms with Gasteiger partial charge in [-0.3, -0.25) is 9.59 Å². The van der Waals surface area contributed by atoms with Crippen LogP contribution in [0.3, 0.4) is 0 Å². The van der Waals surface area contributed by atoms with E-state index in [1.807, 2.05) is 0 Å². The van der Waals surface area contributed by atoms with E-state index in [4.69, 9.17) is 0 Å². The Morgan fingerprint density at radius 3 is 2.32 bits per heavy atom. The van der Waals surface area contributed by atoms with E-state index in [1.165, 1.54) is 4.90 Å². The molecule has 1 atom stereocenters. The molecule has 0 aromatic carbocycles. The Morgan fingerprint density at radius 1 is 1.20 bits per heavy atom. The number of rotatable bonds is 3. The summed E-state index contributed by atoms with van der Waals surface area (Å²) in [6.45, 7) is 4.40. The van der Waals surface area contributed by atoms with Gasteiger partial charge in [0.05, 0.1) is 12.1 Å². The van der Waals surface area contributed by atoms with E-state index < -0.39 is 37.0 Å². The third-order valence-electron chi connectivity index (χ3n) is 4.04. The molecule has 0 N–H and O–H groups in total. The van der Waals surface area contributed by atoms with Crippen LogP contribution < -0.4 is 0 Å². The lowest BCUT2D eigenvalue weighted by atomic mass is 10.0. The van der Waals surface area contributed by atoms with Crippen molar-refractivity contribution in [2.24, 2.45) is 15.9 Å². The molecule has 0 aliphatic carbocycles. The average molecular weight is 364 g/mol. The molecule has 2 rings (SSSR count). The Morgan fingerprint density at radius 2 is 1.80 bits per heavy atom. The fourth-order valence-corrected chi connectivity index (χ4v) is 2.60. The van der Waals surface area contributed by atoms with E-state index in [1.54, 1.807) is 18.7 Å². The zero-order valence-electron chi connectivity index (χ0n) is 14.0. The van der Waals surface area contributed by atoms with Crippen molar-refractivity contribution in [3.8, 4) is 0 Å². The molecule has 1 fully saturated rings. The second-order valence-electron chi connectivity index (χ2n) is 6.29. The van der Waals surface area contributed by atoms with Gasteiger partial charge >= 0.3 is 6.18 Å². The summed E-state index contributed by atoms with van der Waals surface area (Å²) >= 11 is 0. The van der Waals surface area contributed by atoms with Gasteiger partial charge in [-0.1, -0.05) is 13.8 Å². The monoisotopic (exact) mass is 364 g/mol. The van der Waals surface area contributed by atoms with Gasteiger partial charge < -0.3 is 9.80 Å². The molecule has 140 valence electrons. The van der Waals surface area contributed by atoms with Gasteiger partial charge in [0, 0.05) is 32.6 Å². The first-order chi connectivity index (χ1) is 11.6. The third-order valence-corrected chi connectivity index (χ3v) is 4.04. The van der Waals surface area contributed by atoms with Gasteiger partial charge in [-0.25, -0.2) is 9.38 Å². The maximum atomic E-state index is 13.8. The lowest BCUT2D eigenvalue weighted by Gasteiger charge is -2.36. The number of carbonyl (C=O) groups is 2. The van der Waals surface area contributed by atoms with E-state index in [0.29, 0.717) is 0 Å². The Bertz CT molecular complexity index is 593. The maximum absolute atomic E-state index is 13.8. The van der Waals surface area contributed by atoms with Crippen LogP contribution in [0.25, 0.3) is 0 Å². The standard InChI is InChI=1S/C15H20F4N4O2/c1-9(2)12-11(16)13(25)21-14(20-12)23-7-5-22(6-8-23)10(24)3-4-15(17,18)19/h9,11H,3-8H2,1-2H3. The van der Waals surface area contributed by atoms with E-state index in [-0.39, 0.29) is 43.8 Å². The van der Waals surface area contributed by atoms with Crippen molar-refractivity contribution in [1.29, 1.82) is 0 Å². The molecule has 0 saturated carbocycles. The Hall–Kier alpha value is -2.00. The topological polar surface area (TPSA) is 65.3 Å². The van der Waals surface area contributed by atoms with Crippen LogP contribution >= 0.6 is 0 Å². The summed E-state index contributed by atoms with van der Waals surface area (Å²) in [4.78, 5) is 34.2. The molecule has 2 heterocycles. The molecular weight excluding hydrogens is 344 g/mol. The van der Waals surface area contributed by atoms with Crippen LogP contribution in [0.4, 0.5) is 17.6 Å². The van der Waals surface area contributed by atoms with Crippen molar-refractivity contribution in [2.75, 3.05) is 26.2 Å². The smallest absolute Gasteiger partial charge is 0.339 e. The summed E-state index contributed by atoms with van der Waals surface area (Å²) in [5, 5.41) is 0. The highest BCUT2D eigenvalue weighted by Crippen LogP contribution is 2.22. The molecule has 0 spiro atoms. The number of nitrogens with zero attached hydrogens (tertiary/aromatic N) is 4. The van der Waals surface area contributed by atoms with Crippen LogP contribution in [0.2, 0.25) is 0 Å². The first-order valence-corrected chi connectivity index (χ1v) is 8.03. The Labute approximate surface area is 142 Å². The van der Waals surface area contributed by atoms with Crippen molar-refractivity contribution >= 4 is 23.5 Å². The highest BCUT2D eigenvalue weighted by molar-refractivity contribution is 6.18. The van der Waals surface area contributed by atoms with Gasteiger partial charge in [0.1, 0.15) is 0 Å². The molecule has 0 aromatic heterocycles. The minimum atomic E-state index is -4.36. The molecule has 2 aliphatic rings. The number of piperazine rings is 1. The average Bonchev–Trinajstić information content (AvgIpc) is 2.54. The van der Waals surface area contributed by atoms with Gasteiger partial charge in [0.15, 0.2) is 0 Å². The largest absolute Gasteiger partial charge is 0.389 e. The van der Waals surface area contributed by atoms with Crippen molar-refractivity contribution in [1.82, 2.24) is 9.80 Å². The minimum absolute atomic E-state index is 0.102. The molecule has 2 aliphatic heterocycles. The van der Waals surface area contributed by atoms with E-state index in [9.17, 15) is 27.2 Å². The number of guanidine groups is 1. The Balaban J connectivity index is 1.95. The van der Waals surface area contributed by atoms with Crippen LogP contribution in [0.1, 0.15) is 26.7 Å². The molecule has 0 bridgehead atoms. The number of halogens is 4. The van der Waals surface area contributed by atoms with Crippen molar-refractivity contribution < 1.29 is 27.2 Å². The summed E-state index contributed by atoms with van der Waals surface area (Å²) in [6.07, 6.45) is -7.93. The predicted molar refractivity (Wildman–Crippen MR) is 83.1 cm³/mol. The minimum Gasteiger partial charge on any atom is -0.339 e. The summed E-state index contributed by atoms with van der Waals surface area (Å²) < 4.78 is 50.4. The lowest BCUT2D eigenvalue weighted by Crippen LogP contribution is -2.51. The highest BCUT2D eigenvalue weighted by atomic mass is 19.4. The summed E-state index contributed by atoms with van der Waals surface area (Å²) in [5.74, 6) is -1.62. The molecule has 10 heteroatoms. The first kappa shape index (κ1) is 19.3. The Kier molecular flexibility index (Phi) is 5.79. The van der Waals surface area contributed by atoms with Crippen LogP contribution in [-0.4, -0.2) is 71.8 Å². The lowest BCUT2D eigenvalue weighted by molar-refractivity contribution is -0.149. The van der Waals surface area contributed by atoms with Crippen LogP contribution in [-0.2, 0) is 9.59 Å². The molecular formula is C15H20F4N4O2. The zero-order valence-corrected chi connectivity index (χ0v) is 14.0. The second-order valence-corrected chi connectivity index (χ2v) is 6.29. The molecule has 1 unspecified atom stereocenters. The molecule has 6 nitrogen and oxygen atoms in total. The van der Waals surface area contributed by atoms with Gasteiger partial charge in [-0.2, -0.15) is 18.2 Å². The fourth-order valence-electron chi connectivity index (χ4n) is 2.60. The first-order valence-electron chi connectivity index (χ1n) is 8.03. The number of hydrogen-bond donors (Lipinski definition) is 0. The maximum Gasteiger partial charge on any atom is 0.389 e. The number of hydrogen-bond acceptors (Lipinski definition) is 4.